The molecule has 7 heteroatoms. The number of likely N-dealkylation sites (tertiary alicyclic amines) is 1. The van der Waals surface area contributed by atoms with Crippen LogP contribution in [0.1, 0.15) is 52.0 Å². The summed E-state index contributed by atoms with van der Waals surface area (Å²) in [4.78, 5) is 26.4. The SMILES string of the molecule is CCOC(=O)C(C#N)C(c1ccc(F)cc1)C1CCN(C(=O)OC(C)(C)C)CC1. The molecule has 1 aromatic carbocycles. The number of hydrogen-bond donors (Lipinski definition) is 0. The van der Waals surface area contributed by atoms with E-state index >= 15 is 0 Å². The number of piperidine rings is 1. The molecule has 0 N–H and O–H groups in total. The summed E-state index contributed by atoms with van der Waals surface area (Å²) < 4.78 is 23.9. The summed E-state index contributed by atoms with van der Waals surface area (Å²) in [6.07, 6.45) is 0.856. The molecule has 1 amide bonds. The zero-order valence-electron chi connectivity index (χ0n) is 17.5. The summed E-state index contributed by atoms with van der Waals surface area (Å²) in [5, 5.41) is 9.70. The van der Waals surface area contributed by atoms with Gasteiger partial charge in [0.05, 0.1) is 12.7 Å². The maximum atomic E-state index is 13.4. The van der Waals surface area contributed by atoms with E-state index in [1.807, 2.05) is 20.8 Å². The Morgan fingerprint density at radius 2 is 1.83 bits per heavy atom. The van der Waals surface area contributed by atoms with E-state index in [9.17, 15) is 19.2 Å². The van der Waals surface area contributed by atoms with Crippen molar-refractivity contribution in [2.45, 2.75) is 52.1 Å². The summed E-state index contributed by atoms with van der Waals surface area (Å²) in [5.74, 6) is -2.39. The van der Waals surface area contributed by atoms with E-state index in [0.29, 0.717) is 25.9 Å². The predicted octanol–water partition coefficient (Wildman–Crippen LogP) is 4.26. The Morgan fingerprint density at radius 3 is 2.31 bits per heavy atom. The van der Waals surface area contributed by atoms with Gasteiger partial charge in [-0.3, -0.25) is 4.79 Å². The predicted molar refractivity (Wildman–Crippen MR) is 105 cm³/mol. The highest BCUT2D eigenvalue weighted by Crippen LogP contribution is 2.39. The van der Waals surface area contributed by atoms with Crippen molar-refractivity contribution in [3.05, 3.63) is 35.6 Å². The zero-order valence-corrected chi connectivity index (χ0v) is 17.5. The van der Waals surface area contributed by atoms with E-state index in [0.717, 1.165) is 5.56 Å². The molecule has 1 fully saturated rings. The molecule has 0 radical (unpaired) electrons. The Hall–Kier alpha value is -2.62. The first-order valence-electron chi connectivity index (χ1n) is 9.96. The molecular weight excluding hydrogens is 375 g/mol. The molecule has 6 nitrogen and oxygen atoms in total. The first-order valence-corrected chi connectivity index (χ1v) is 9.96. The van der Waals surface area contributed by atoms with Gasteiger partial charge in [-0.05, 0) is 64.2 Å². The third-order valence-electron chi connectivity index (χ3n) is 4.99. The summed E-state index contributed by atoms with van der Waals surface area (Å²) >= 11 is 0. The second-order valence-electron chi connectivity index (χ2n) is 8.24. The summed E-state index contributed by atoms with van der Waals surface area (Å²) in [7, 11) is 0. The number of rotatable bonds is 5. The highest BCUT2D eigenvalue weighted by atomic mass is 19.1. The normalized spacial score (nSPS) is 17.2. The minimum absolute atomic E-state index is 0.0202. The van der Waals surface area contributed by atoms with Crippen LogP contribution in [0.15, 0.2) is 24.3 Å². The summed E-state index contributed by atoms with van der Waals surface area (Å²) in [6, 6.07) is 7.98. The van der Waals surface area contributed by atoms with Crippen LogP contribution in [-0.4, -0.2) is 42.3 Å². The molecule has 1 aromatic rings. The molecule has 0 saturated carbocycles. The standard InChI is InChI=1S/C22H29FN2O4/c1-5-28-20(26)18(14-24)19(15-6-8-17(23)9-7-15)16-10-12-25(13-11-16)21(27)29-22(2,3)4/h6-9,16,18-19H,5,10-13H2,1-4H3. The maximum absolute atomic E-state index is 13.4. The average molecular weight is 404 g/mol. The first-order chi connectivity index (χ1) is 13.7. The van der Waals surface area contributed by atoms with E-state index in [2.05, 4.69) is 6.07 Å². The van der Waals surface area contributed by atoms with Crippen LogP contribution in [-0.2, 0) is 14.3 Å². The van der Waals surface area contributed by atoms with Gasteiger partial charge in [0, 0.05) is 19.0 Å². The number of amides is 1. The van der Waals surface area contributed by atoms with Gasteiger partial charge in [0.2, 0.25) is 0 Å². The molecule has 0 aromatic heterocycles. The lowest BCUT2D eigenvalue weighted by Crippen LogP contribution is -2.43. The number of ether oxygens (including phenoxy) is 2. The fourth-order valence-corrected chi connectivity index (χ4v) is 3.70. The Bertz CT molecular complexity index is 744. The molecule has 2 atom stereocenters. The highest BCUT2D eigenvalue weighted by molar-refractivity contribution is 5.76. The van der Waals surface area contributed by atoms with Crippen LogP contribution >= 0.6 is 0 Å². The van der Waals surface area contributed by atoms with Gasteiger partial charge in [-0.1, -0.05) is 12.1 Å². The Labute approximate surface area is 171 Å². The van der Waals surface area contributed by atoms with Crippen LogP contribution in [0.25, 0.3) is 0 Å². The topological polar surface area (TPSA) is 79.6 Å². The fourth-order valence-electron chi connectivity index (χ4n) is 3.70. The lowest BCUT2D eigenvalue weighted by molar-refractivity contribution is -0.147. The van der Waals surface area contributed by atoms with Crippen LogP contribution in [0.3, 0.4) is 0 Å². The molecule has 2 unspecified atom stereocenters. The van der Waals surface area contributed by atoms with E-state index in [-0.39, 0.29) is 24.4 Å². The lowest BCUT2D eigenvalue weighted by atomic mass is 9.73. The third-order valence-corrected chi connectivity index (χ3v) is 4.99. The molecule has 1 heterocycles. The molecular formula is C22H29FN2O4. The number of esters is 1. The lowest BCUT2D eigenvalue weighted by Gasteiger charge is -2.37. The van der Waals surface area contributed by atoms with Crippen molar-refractivity contribution in [2.75, 3.05) is 19.7 Å². The van der Waals surface area contributed by atoms with Crippen molar-refractivity contribution in [3.8, 4) is 6.07 Å². The van der Waals surface area contributed by atoms with Gasteiger partial charge in [0.1, 0.15) is 11.4 Å². The maximum Gasteiger partial charge on any atom is 0.410 e. The van der Waals surface area contributed by atoms with Crippen LogP contribution < -0.4 is 0 Å². The van der Waals surface area contributed by atoms with E-state index in [1.54, 1.807) is 24.0 Å². The molecule has 1 aliphatic heterocycles. The Kier molecular flexibility index (Phi) is 7.60. The largest absolute Gasteiger partial charge is 0.465 e. The molecule has 1 aliphatic rings. The number of nitrogens with zero attached hydrogens (tertiary/aromatic N) is 2. The van der Waals surface area contributed by atoms with Crippen LogP contribution in [0.5, 0.6) is 0 Å². The van der Waals surface area contributed by atoms with Crippen molar-refractivity contribution in [1.29, 1.82) is 5.26 Å². The highest BCUT2D eigenvalue weighted by Gasteiger charge is 2.39. The number of carbonyl (C=O) groups excluding carboxylic acids is 2. The van der Waals surface area contributed by atoms with E-state index in [1.165, 1.54) is 12.1 Å². The first kappa shape index (κ1) is 22.7. The third kappa shape index (κ3) is 6.18. The number of nitriles is 1. The number of carbonyl (C=O) groups is 2. The van der Waals surface area contributed by atoms with Gasteiger partial charge in [0.25, 0.3) is 0 Å². The molecule has 29 heavy (non-hydrogen) atoms. The zero-order chi connectivity index (χ0) is 21.6. The summed E-state index contributed by atoms with van der Waals surface area (Å²) in [5.41, 5.74) is 0.155. The number of halogens is 1. The van der Waals surface area contributed by atoms with Crippen molar-refractivity contribution in [3.63, 3.8) is 0 Å². The second-order valence-corrected chi connectivity index (χ2v) is 8.24. The van der Waals surface area contributed by atoms with Crippen molar-refractivity contribution in [1.82, 2.24) is 4.90 Å². The quantitative estimate of drug-likeness (QED) is 0.685. The van der Waals surface area contributed by atoms with Crippen LogP contribution in [0.4, 0.5) is 9.18 Å². The van der Waals surface area contributed by atoms with Crippen molar-refractivity contribution < 1.29 is 23.5 Å². The van der Waals surface area contributed by atoms with Crippen LogP contribution in [0.2, 0.25) is 0 Å². The Morgan fingerprint density at radius 1 is 1.24 bits per heavy atom. The van der Waals surface area contributed by atoms with Crippen LogP contribution in [0, 0.1) is 29.0 Å². The summed E-state index contributed by atoms with van der Waals surface area (Å²) in [6.45, 7) is 8.27. The van der Waals surface area contributed by atoms with Gasteiger partial charge >= 0.3 is 12.1 Å². The molecule has 0 bridgehead atoms. The van der Waals surface area contributed by atoms with Gasteiger partial charge in [-0.15, -0.1) is 0 Å². The fraction of sp³-hybridized carbons (Fsp3) is 0.591. The molecule has 0 spiro atoms. The van der Waals surface area contributed by atoms with Gasteiger partial charge in [-0.2, -0.15) is 5.26 Å². The number of hydrogen-bond acceptors (Lipinski definition) is 5. The average Bonchev–Trinajstić information content (AvgIpc) is 2.66. The smallest absolute Gasteiger partial charge is 0.410 e. The monoisotopic (exact) mass is 404 g/mol. The van der Waals surface area contributed by atoms with E-state index < -0.39 is 23.4 Å². The second kappa shape index (κ2) is 9.73. The molecule has 2 rings (SSSR count). The molecule has 158 valence electrons. The van der Waals surface area contributed by atoms with E-state index in [4.69, 9.17) is 9.47 Å². The van der Waals surface area contributed by atoms with Gasteiger partial charge < -0.3 is 14.4 Å². The van der Waals surface area contributed by atoms with Crippen molar-refractivity contribution in [2.24, 2.45) is 11.8 Å². The van der Waals surface area contributed by atoms with Gasteiger partial charge in [0.15, 0.2) is 5.92 Å². The minimum atomic E-state index is -0.988. The molecule has 0 aliphatic carbocycles. The molecule has 1 saturated heterocycles. The number of benzene rings is 1. The van der Waals surface area contributed by atoms with Gasteiger partial charge in [-0.25, -0.2) is 9.18 Å². The Balaban J connectivity index is 2.20. The minimum Gasteiger partial charge on any atom is -0.465 e. The van der Waals surface area contributed by atoms with Crippen molar-refractivity contribution >= 4 is 12.1 Å².